The van der Waals surface area contributed by atoms with Crippen LogP contribution in [-0.2, 0) is 0 Å². The average Bonchev–Trinajstić information content (AvgIpc) is 2.38. The first-order valence-corrected chi connectivity index (χ1v) is 6.25. The first-order valence-electron chi connectivity index (χ1n) is 6.25. The molecule has 1 aromatic rings. The topological polar surface area (TPSA) is 66.6 Å². The number of hydrogen-bond donors (Lipinski definition) is 1. The van der Waals surface area contributed by atoms with Crippen molar-refractivity contribution in [3.8, 4) is 0 Å². The standard InChI is InChI=1S/C13H18N2O3/c1-14(12-8-4-5-9-13(12)16)10-6-2-3-7-11(10)15(17)18/h2-3,6-7,12-13,16H,4-5,8-9H2,1H3. The van der Waals surface area contributed by atoms with E-state index in [0.717, 1.165) is 25.7 Å². The van der Waals surface area contributed by atoms with Crippen LogP contribution in [0.25, 0.3) is 0 Å². The number of nitro benzene ring substituents is 1. The van der Waals surface area contributed by atoms with Gasteiger partial charge in [-0.15, -0.1) is 0 Å². The molecular weight excluding hydrogens is 232 g/mol. The van der Waals surface area contributed by atoms with Crippen LogP contribution in [0.1, 0.15) is 25.7 Å². The van der Waals surface area contributed by atoms with Crippen molar-refractivity contribution in [1.82, 2.24) is 0 Å². The molecule has 0 aliphatic heterocycles. The molecule has 1 aliphatic rings. The Morgan fingerprint density at radius 1 is 1.33 bits per heavy atom. The van der Waals surface area contributed by atoms with Gasteiger partial charge in [0.1, 0.15) is 5.69 Å². The monoisotopic (exact) mass is 250 g/mol. The van der Waals surface area contributed by atoms with E-state index >= 15 is 0 Å². The van der Waals surface area contributed by atoms with E-state index in [2.05, 4.69) is 0 Å². The molecule has 2 rings (SSSR count). The Morgan fingerprint density at radius 2 is 2.00 bits per heavy atom. The number of nitro groups is 1. The van der Waals surface area contributed by atoms with Crippen LogP contribution in [0.4, 0.5) is 11.4 Å². The molecule has 98 valence electrons. The van der Waals surface area contributed by atoms with Crippen LogP contribution < -0.4 is 4.90 Å². The number of anilines is 1. The average molecular weight is 250 g/mol. The number of para-hydroxylation sites is 2. The van der Waals surface area contributed by atoms with Crippen LogP contribution in [0.2, 0.25) is 0 Å². The van der Waals surface area contributed by atoms with Crippen molar-refractivity contribution in [3.63, 3.8) is 0 Å². The normalized spacial score (nSPS) is 23.7. The van der Waals surface area contributed by atoms with Gasteiger partial charge in [0.25, 0.3) is 5.69 Å². The molecule has 0 amide bonds. The third-order valence-corrected chi connectivity index (χ3v) is 3.65. The zero-order valence-electron chi connectivity index (χ0n) is 10.5. The van der Waals surface area contributed by atoms with E-state index in [-0.39, 0.29) is 16.7 Å². The Kier molecular flexibility index (Phi) is 3.81. The number of aliphatic hydroxyl groups is 1. The second kappa shape index (κ2) is 5.35. The third kappa shape index (κ3) is 2.46. The summed E-state index contributed by atoms with van der Waals surface area (Å²) >= 11 is 0. The molecule has 18 heavy (non-hydrogen) atoms. The molecule has 0 bridgehead atoms. The summed E-state index contributed by atoms with van der Waals surface area (Å²) in [6.07, 6.45) is 3.35. The van der Waals surface area contributed by atoms with E-state index in [1.54, 1.807) is 18.2 Å². The smallest absolute Gasteiger partial charge is 0.292 e. The molecule has 1 aliphatic carbocycles. The minimum Gasteiger partial charge on any atom is -0.391 e. The van der Waals surface area contributed by atoms with Crippen molar-refractivity contribution >= 4 is 11.4 Å². The molecule has 5 nitrogen and oxygen atoms in total. The molecule has 1 saturated carbocycles. The first kappa shape index (κ1) is 12.8. The van der Waals surface area contributed by atoms with Crippen LogP contribution in [0.15, 0.2) is 24.3 Å². The van der Waals surface area contributed by atoms with Crippen LogP contribution in [0.3, 0.4) is 0 Å². The Hall–Kier alpha value is -1.62. The number of rotatable bonds is 3. The van der Waals surface area contributed by atoms with Crippen molar-refractivity contribution in [2.75, 3.05) is 11.9 Å². The van der Waals surface area contributed by atoms with Gasteiger partial charge in [-0.1, -0.05) is 25.0 Å². The maximum atomic E-state index is 11.0. The minimum absolute atomic E-state index is 0.0279. The molecular formula is C13H18N2O3. The zero-order valence-corrected chi connectivity index (χ0v) is 10.5. The third-order valence-electron chi connectivity index (χ3n) is 3.65. The van der Waals surface area contributed by atoms with Gasteiger partial charge < -0.3 is 10.0 Å². The predicted octanol–water partition coefficient (Wildman–Crippen LogP) is 2.33. The Morgan fingerprint density at radius 3 is 2.67 bits per heavy atom. The van der Waals surface area contributed by atoms with Crippen LogP contribution in [0.5, 0.6) is 0 Å². The lowest BCUT2D eigenvalue weighted by atomic mass is 9.91. The van der Waals surface area contributed by atoms with E-state index in [4.69, 9.17) is 0 Å². The van der Waals surface area contributed by atoms with Crippen LogP contribution in [-0.4, -0.2) is 29.2 Å². The van der Waals surface area contributed by atoms with Crippen LogP contribution in [0, 0.1) is 10.1 Å². The van der Waals surface area contributed by atoms with Gasteiger partial charge in [0, 0.05) is 13.1 Å². The Bertz CT molecular complexity index is 436. The van der Waals surface area contributed by atoms with Crippen LogP contribution >= 0.6 is 0 Å². The van der Waals surface area contributed by atoms with Gasteiger partial charge in [-0.3, -0.25) is 10.1 Å². The number of nitrogens with zero attached hydrogens (tertiary/aromatic N) is 2. The molecule has 0 spiro atoms. The van der Waals surface area contributed by atoms with Crippen molar-refractivity contribution in [2.24, 2.45) is 0 Å². The molecule has 2 unspecified atom stereocenters. The van der Waals surface area contributed by atoms with E-state index in [1.165, 1.54) is 6.07 Å². The second-order valence-electron chi connectivity index (χ2n) is 4.78. The highest BCUT2D eigenvalue weighted by Gasteiger charge is 2.29. The van der Waals surface area contributed by atoms with Gasteiger partial charge >= 0.3 is 0 Å². The lowest BCUT2D eigenvalue weighted by Crippen LogP contribution is -2.43. The van der Waals surface area contributed by atoms with Crippen molar-refractivity contribution in [3.05, 3.63) is 34.4 Å². The zero-order chi connectivity index (χ0) is 13.1. The van der Waals surface area contributed by atoms with Gasteiger partial charge in [-0.05, 0) is 18.9 Å². The first-order chi connectivity index (χ1) is 8.61. The van der Waals surface area contributed by atoms with Gasteiger partial charge in [0.15, 0.2) is 0 Å². The minimum atomic E-state index is -0.399. The summed E-state index contributed by atoms with van der Waals surface area (Å²) in [7, 11) is 1.82. The fraction of sp³-hybridized carbons (Fsp3) is 0.538. The summed E-state index contributed by atoms with van der Waals surface area (Å²) in [4.78, 5) is 12.5. The SMILES string of the molecule is CN(c1ccccc1[N+](=O)[O-])C1CCCCC1O. The fourth-order valence-electron chi connectivity index (χ4n) is 2.64. The second-order valence-corrected chi connectivity index (χ2v) is 4.78. The maximum Gasteiger partial charge on any atom is 0.292 e. The number of hydrogen-bond acceptors (Lipinski definition) is 4. The Balaban J connectivity index is 2.27. The van der Waals surface area contributed by atoms with E-state index in [9.17, 15) is 15.2 Å². The van der Waals surface area contributed by atoms with E-state index < -0.39 is 6.10 Å². The predicted molar refractivity (Wildman–Crippen MR) is 69.8 cm³/mol. The quantitative estimate of drug-likeness (QED) is 0.660. The Labute approximate surface area is 106 Å². The van der Waals surface area contributed by atoms with E-state index in [0.29, 0.717) is 5.69 Å². The summed E-state index contributed by atoms with van der Waals surface area (Å²) in [5, 5.41) is 21.0. The van der Waals surface area contributed by atoms with Gasteiger partial charge in [0.2, 0.25) is 0 Å². The highest BCUT2D eigenvalue weighted by atomic mass is 16.6. The van der Waals surface area contributed by atoms with Crippen molar-refractivity contribution < 1.29 is 10.0 Å². The van der Waals surface area contributed by atoms with Gasteiger partial charge in [0.05, 0.1) is 17.1 Å². The van der Waals surface area contributed by atoms with E-state index in [1.807, 2.05) is 11.9 Å². The molecule has 5 heteroatoms. The lowest BCUT2D eigenvalue weighted by molar-refractivity contribution is -0.384. The van der Waals surface area contributed by atoms with Crippen molar-refractivity contribution in [1.29, 1.82) is 0 Å². The molecule has 1 fully saturated rings. The summed E-state index contributed by atoms with van der Waals surface area (Å²) in [5.41, 5.74) is 0.672. The molecule has 1 aromatic carbocycles. The largest absolute Gasteiger partial charge is 0.391 e. The summed E-state index contributed by atoms with van der Waals surface area (Å²) in [5.74, 6) is 0. The molecule has 0 saturated heterocycles. The lowest BCUT2D eigenvalue weighted by Gasteiger charge is -2.36. The highest BCUT2D eigenvalue weighted by Crippen LogP contribution is 2.32. The highest BCUT2D eigenvalue weighted by molar-refractivity contribution is 5.63. The van der Waals surface area contributed by atoms with Crippen molar-refractivity contribution in [2.45, 2.75) is 37.8 Å². The molecule has 0 radical (unpaired) electrons. The fourth-order valence-corrected chi connectivity index (χ4v) is 2.64. The molecule has 0 aromatic heterocycles. The summed E-state index contributed by atoms with van der Waals surface area (Å²) < 4.78 is 0. The number of likely N-dealkylation sites (N-methyl/N-ethyl adjacent to an activating group) is 1. The summed E-state index contributed by atoms with van der Waals surface area (Å²) in [6.45, 7) is 0. The summed E-state index contributed by atoms with van der Waals surface area (Å²) in [6, 6.07) is 6.65. The van der Waals surface area contributed by atoms with Gasteiger partial charge in [-0.25, -0.2) is 0 Å². The molecule has 0 heterocycles. The molecule has 2 atom stereocenters. The number of aliphatic hydroxyl groups excluding tert-OH is 1. The maximum absolute atomic E-state index is 11.0. The molecule has 1 N–H and O–H groups in total. The number of benzene rings is 1. The van der Waals surface area contributed by atoms with Gasteiger partial charge in [-0.2, -0.15) is 0 Å².